The summed E-state index contributed by atoms with van der Waals surface area (Å²) in [4.78, 5) is 0. The van der Waals surface area contributed by atoms with Crippen molar-refractivity contribution in [2.24, 2.45) is 0 Å². The van der Waals surface area contributed by atoms with Crippen LogP contribution in [0.1, 0.15) is 36.8 Å². The molecule has 0 atom stereocenters. The van der Waals surface area contributed by atoms with Crippen molar-refractivity contribution in [3.63, 3.8) is 0 Å². The molecule has 0 heterocycles. The fourth-order valence-electron chi connectivity index (χ4n) is 1.75. The van der Waals surface area contributed by atoms with E-state index < -0.39 is 0 Å². The van der Waals surface area contributed by atoms with Gasteiger partial charge in [-0.15, -0.1) is 11.6 Å². The Hall–Kier alpha value is -0.690. The third-order valence-corrected chi connectivity index (χ3v) is 2.95. The standard InChI is InChI=1S/C14H21ClO/c1-12-8-7-9-13(2)14(12)16-11-6-4-3-5-10-15/h7-9H,3-6,10-11H2,1-2H3. The van der Waals surface area contributed by atoms with Crippen molar-refractivity contribution in [3.05, 3.63) is 29.3 Å². The normalized spacial score (nSPS) is 10.4. The predicted molar refractivity (Wildman–Crippen MR) is 70.6 cm³/mol. The molecule has 0 aromatic heterocycles. The average molecular weight is 241 g/mol. The molecular formula is C14H21ClO. The average Bonchev–Trinajstić information content (AvgIpc) is 2.26. The van der Waals surface area contributed by atoms with Gasteiger partial charge in [0.1, 0.15) is 5.75 Å². The summed E-state index contributed by atoms with van der Waals surface area (Å²) in [5, 5.41) is 0. The summed E-state index contributed by atoms with van der Waals surface area (Å²) >= 11 is 5.62. The second-order valence-corrected chi connectivity index (χ2v) is 4.55. The molecule has 0 saturated heterocycles. The molecule has 0 saturated carbocycles. The highest BCUT2D eigenvalue weighted by atomic mass is 35.5. The minimum absolute atomic E-state index is 0.776. The Morgan fingerprint density at radius 1 is 1.00 bits per heavy atom. The van der Waals surface area contributed by atoms with E-state index in [0.717, 1.165) is 31.1 Å². The highest BCUT2D eigenvalue weighted by Gasteiger charge is 2.02. The molecule has 0 bridgehead atoms. The fourth-order valence-corrected chi connectivity index (χ4v) is 1.94. The van der Waals surface area contributed by atoms with E-state index in [2.05, 4.69) is 32.0 Å². The number of hydrogen-bond donors (Lipinski definition) is 0. The van der Waals surface area contributed by atoms with Crippen LogP contribution in [0, 0.1) is 13.8 Å². The summed E-state index contributed by atoms with van der Waals surface area (Å²) in [7, 11) is 0. The SMILES string of the molecule is Cc1cccc(C)c1OCCCCCCCl. The summed E-state index contributed by atoms with van der Waals surface area (Å²) in [6.07, 6.45) is 4.65. The molecule has 90 valence electrons. The minimum Gasteiger partial charge on any atom is -0.493 e. The molecule has 0 amide bonds. The Labute approximate surface area is 104 Å². The number of halogens is 1. The van der Waals surface area contributed by atoms with E-state index >= 15 is 0 Å². The van der Waals surface area contributed by atoms with Gasteiger partial charge in [-0.1, -0.05) is 31.0 Å². The summed E-state index contributed by atoms with van der Waals surface area (Å²) in [5.74, 6) is 1.83. The third-order valence-electron chi connectivity index (χ3n) is 2.68. The Kier molecular flexibility index (Phi) is 6.32. The molecule has 0 radical (unpaired) electrons. The van der Waals surface area contributed by atoms with E-state index in [9.17, 15) is 0 Å². The van der Waals surface area contributed by atoms with Crippen LogP contribution in [-0.4, -0.2) is 12.5 Å². The van der Waals surface area contributed by atoms with Crippen LogP contribution >= 0.6 is 11.6 Å². The number of aryl methyl sites for hydroxylation is 2. The van der Waals surface area contributed by atoms with Gasteiger partial charge in [0.25, 0.3) is 0 Å². The van der Waals surface area contributed by atoms with E-state index in [1.807, 2.05) is 0 Å². The molecule has 0 N–H and O–H groups in total. The monoisotopic (exact) mass is 240 g/mol. The second kappa shape index (κ2) is 7.56. The van der Waals surface area contributed by atoms with Crippen LogP contribution in [0.15, 0.2) is 18.2 Å². The fraction of sp³-hybridized carbons (Fsp3) is 0.571. The quantitative estimate of drug-likeness (QED) is 0.504. The molecule has 0 spiro atoms. The first-order chi connectivity index (χ1) is 7.75. The molecule has 0 aliphatic rings. The van der Waals surface area contributed by atoms with E-state index in [1.165, 1.54) is 24.0 Å². The highest BCUT2D eigenvalue weighted by molar-refractivity contribution is 6.17. The lowest BCUT2D eigenvalue weighted by Crippen LogP contribution is -2.00. The largest absolute Gasteiger partial charge is 0.493 e. The summed E-state index contributed by atoms with van der Waals surface area (Å²) < 4.78 is 5.81. The Morgan fingerprint density at radius 3 is 2.25 bits per heavy atom. The first kappa shape index (κ1) is 13.4. The van der Waals surface area contributed by atoms with Crippen LogP contribution in [-0.2, 0) is 0 Å². The van der Waals surface area contributed by atoms with Gasteiger partial charge in [0.15, 0.2) is 0 Å². The number of rotatable bonds is 7. The third kappa shape index (κ3) is 4.44. The number of unbranched alkanes of at least 4 members (excludes halogenated alkanes) is 3. The number of para-hydroxylation sites is 1. The van der Waals surface area contributed by atoms with Crippen molar-refractivity contribution in [2.75, 3.05) is 12.5 Å². The van der Waals surface area contributed by atoms with Gasteiger partial charge in [0, 0.05) is 5.88 Å². The minimum atomic E-state index is 0.776. The lowest BCUT2D eigenvalue weighted by atomic mass is 10.1. The predicted octanol–water partition coefficient (Wildman–Crippen LogP) is 4.48. The van der Waals surface area contributed by atoms with Gasteiger partial charge in [-0.05, 0) is 37.8 Å². The van der Waals surface area contributed by atoms with Crippen LogP contribution < -0.4 is 4.74 Å². The Balaban J connectivity index is 2.26. The van der Waals surface area contributed by atoms with E-state index in [4.69, 9.17) is 16.3 Å². The molecule has 1 rings (SSSR count). The maximum absolute atomic E-state index is 5.81. The van der Waals surface area contributed by atoms with Crippen LogP contribution in [0.2, 0.25) is 0 Å². The zero-order valence-corrected chi connectivity index (χ0v) is 11.0. The number of alkyl halides is 1. The van der Waals surface area contributed by atoms with Gasteiger partial charge in [-0.25, -0.2) is 0 Å². The van der Waals surface area contributed by atoms with Gasteiger partial charge < -0.3 is 4.74 Å². The topological polar surface area (TPSA) is 9.23 Å². The van der Waals surface area contributed by atoms with Crippen LogP contribution in [0.4, 0.5) is 0 Å². The molecule has 1 aromatic carbocycles. The number of hydrogen-bond acceptors (Lipinski definition) is 1. The summed E-state index contributed by atoms with van der Waals surface area (Å²) in [5.41, 5.74) is 2.45. The van der Waals surface area contributed by atoms with Crippen molar-refractivity contribution < 1.29 is 4.74 Å². The van der Waals surface area contributed by atoms with Gasteiger partial charge in [-0.2, -0.15) is 0 Å². The first-order valence-corrected chi connectivity index (χ1v) is 6.54. The van der Waals surface area contributed by atoms with Crippen molar-refractivity contribution in [1.82, 2.24) is 0 Å². The van der Waals surface area contributed by atoms with Gasteiger partial charge >= 0.3 is 0 Å². The van der Waals surface area contributed by atoms with Crippen molar-refractivity contribution in [2.45, 2.75) is 39.5 Å². The Bertz CT molecular complexity index is 289. The smallest absolute Gasteiger partial charge is 0.125 e. The second-order valence-electron chi connectivity index (χ2n) is 4.17. The highest BCUT2D eigenvalue weighted by Crippen LogP contribution is 2.22. The summed E-state index contributed by atoms with van der Waals surface area (Å²) in [6.45, 7) is 5.00. The zero-order valence-electron chi connectivity index (χ0n) is 10.3. The molecule has 0 aliphatic carbocycles. The van der Waals surface area contributed by atoms with Crippen molar-refractivity contribution in [1.29, 1.82) is 0 Å². The molecule has 0 unspecified atom stereocenters. The van der Waals surface area contributed by atoms with Gasteiger partial charge in [0.2, 0.25) is 0 Å². The van der Waals surface area contributed by atoms with Crippen molar-refractivity contribution >= 4 is 11.6 Å². The van der Waals surface area contributed by atoms with E-state index in [0.29, 0.717) is 0 Å². The van der Waals surface area contributed by atoms with E-state index in [-0.39, 0.29) is 0 Å². The van der Waals surface area contributed by atoms with Crippen LogP contribution in [0.25, 0.3) is 0 Å². The molecule has 0 aliphatic heterocycles. The van der Waals surface area contributed by atoms with Crippen LogP contribution in [0.5, 0.6) is 5.75 Å². The molecule has 1 nitrogen and oxygen atoms in total. The maximum atomic E-state index is 5.81. The summed E-state index contributed by atoms with van der Waals surface area (Å²) in [6, 6.07) is 6.25. The molecule has 0 fully saturated rings. The maximum Gasteiger partial charge on any atom is 0.125 e. The molecule has 16 heavy (non-hydrogen) atoms. The molecule has 1 aromatic rings. The lowest BCUT2D eigenvalue weighted by Gasteiger charge is -2.11. The van der Waals surface area contributed by atoms with Crippen LogP contribution in [0.3, 0.4) is 0 Å². The Morgan fingerprint density at radius 2 is 1.62 bits per heavy atom. The zero-order chi connectivity index (χ0) is 11.8. The van der Waals surface area contributed by atoms with E-state index in [1.54, 1.807) is 0 Å². The van der Waals surface area contributed by atoms with Crippen molar-refractivity contribution in [3.8, 4) is 5.75 Å². The lowest BCUT2D eigenvalue weighted by molar-refractivity contribution is 0.301. The van der Waals surface area contributed by atoms with Gasteiger partial charge in [-0.3, -0.25) is 0 Å². The molecule has 2 heteroatoms. The van der Waals surface area contributed by atoms with Gasteiger partial charge in [0.05, 0.1) is 6.61 Å². The first-order valence-electron chi connectivity index (χ1n) is 6.00. The number of benzene rings is 1. The number of ether oxygens (including phenoxy) is 1. The molecular weight excluding hydrogens is 220 g/mol.